The van der Waals surface area contributed by atoms with Crippen molar-refractivity contribution in [2.75, 3.05) is 0 Å². The molecular weight excluding hydrogens is 779 g/mol. The summed E-state index contributed by atoms with van der Waals surface area (Å²) in [6.45, 7) is 3.75. The molecule has 0 spiro atoms. The van der Waals surface area contributed by atoms with Gasteiger partial charge in [-0.25, -0.2) is 9.78 Å². The van der Waals surface area contributed by atoms with E-state index in [1.54, 1.807) is 36.4 Å². The number of nitrogens with zero attached hydrogens (tertiary/aromatic N) is 1. The minimum atomic E-state index is -1.38. The Morgan fingerprint density at radius 1 is 0.721 bits per heavy atom. The molecule has 0 unspecified atom stereocenters. The molecule has 5 amide bonds. The van der Waals surface area contributed by atoms with Crippen molar-refractivity contribution in [1.29, 1.82) is 0 Å². The summed E-state index contributed by atoms with van der Waals surface area (Å²) < 4.78 is 5.47. The van der Waals surface area contributed by atoms with Crippen LogP contribution in [-0.4, -0.2) is 74.8 Å². The minimum Gasteiger partial charge on any atom is -0.445 e. The highest BCUT2D eigenvalue weighted by Crippen LogP contribution is 2.20. The molecule has 61 heavy (non-hydrogen) atoms. The van der Waals surface area contributed by atoms with E-state index in [1.807, 2.05) is 80.6 Å². The summed E-state index contributed by atoms with van der Waals surface area (Å²) in [6.07, 6.45) is 1.01. The molecule has 0 saturated heterocycles. The molecule has 320 valence electrons. The summed E-state index contributed by atoms with van der Waals surface area (Å²) in [4.78, 5) is 86.1. The van der Waals surface area contributed by atoms with Crippen molar-refractivity contribution in [2.24, 2.45) is 5.92 Å². The number of alkyl carbamates (subject to hydrolysis) is 1. The van der Waals surface area contributed by atoms with Crippen LogP contribution in [0.25, 0.3) is 10.8 Å². The van der Waals surface area contributed by atoms with Crippen LogP contribution in [0.3, 0.4) is 0 Å². The number of imidazole rings is 1. The average Bonchev–Trinajstić information content (AvgIpc) is 3.78. The average molecular weight is 832 g/mol. The number of benzene rings is 4. The lowest BCUT2D eigenvalue weighted by molar-refractivity contribution is -0.132. The maximum Gasteiger partial charge on any atom is 0.408 e. The molecule has 7 N–H and O–H groups in total. The van der Waals surface area contributed by atoms with Crippen molar-refractivity contribution in [2.45, 2.75) is 89.6 Å². The zero-order valence-electron chi connectivity index (χ0n) is 34.3. The molecule has 4 aromatic carbocycles. The second kappa shape index (κ2) is 23.1. The molecule has 1 aromatic heterocycles. The topological polar surface area (TPSA) is 221 Å². The summed E-state index contributed by atoms with van der Waals surface area (Å²) in [5.74, 6) is -2.65. The third kappa shape index (κ3) is 14.7. The third-order valence-electron chi connectivity index (χ3n) is 9.89. The number of hydrogen-bond donors (Lipinski definition) is 7. The maximum atomic E-state index is 14.2. The number of hydrogen-bond acceptors (Lipinski definition) is 9. The van der Waals surface area contributed by atoms with Crippen LogP contribution in [0.15, 0.2) is 116 Å². The second-order valence-electron chi connectivity index (χ2n) is 15.2. The van der Waals surface area contributed by atoms with Crippen molar-refractivity contribution in [3.8, 4) is 0 Å². The largest absolute Gasteiger partial charge is 0.445 e. The molecule has 0 radical (unpaired) electrons. The van der Waals surface area contributed by atoms with E-state index in [9.17, 15) is 33.9 Å². The molecule has 15 heteroatoms. The van der Waals surface area contributed by atoms with Gasteiger partial charge in [0.25, 0.3) is 0 Å². The third-order valence-corrected chi connectivity index (χ3v) is 9.89. The molecule has 1 heterocycles. The molecule has 0 saturated carbocycles. The van der Waals surface area contributed by atoms with Crippen molar-refractivity contribution < 1.29 is 38.6 Å². The second-order valence-corrected chi connectivity index (χ2v) is 15.2. The Morgan fingerprint density at radius 3 is 2.10 bits per heavy atom. The first kappa shape index (κ1) is 45.2. The molecule has 0 fully saturated rings. The van der Waals surface area contributed by atoms with Gasteiger partial charge < -0.3 is 30.8 Å². The zero-order valence-corrected chi connectivity index (χ0v) is 34.3. The van der Waals surface area contributed by atoms with Crippen molar-refractivity contribution in [3.63, 3.8) is 0 Å². The molecule has 0 aliphatic carbocycles. The van der Waals surface area contributed by atoms with Crippen LogP contribution in [0.5, 0.6) is 0 Å². The van der Waals surface area contributed by atoms with Crippen molar-refractivity contribution in [3.05, 3.63) is 138 Å². The number of ether oxygens (including phenoxy) is 1. The summed E-state index contributed by atoms with van der Waals surface area (Å²) >= 11 is 0. The summed E-state index contributed by atoms with van der Waals surface area (Å²) in [5.41, 5.74) is 7.22. The fraction of sp³-hybridized carbons (Fsp3) is 0.326. The first-order valence-corrected chi connectivity index (χ1v) is 20.3. The summed E-state index contributed by atoms with van der Waals surface area (Å²) in [6, 6.07) is 27.8. The highest BCUT2D eigenvalue weighted by molar-refractivity contribution is 5.96. The van der Waals surface area contributed by atoms with Crippen LogP contribution in [0, 0.1) is 5.92 Å². The SMILES string of the molecule is CC(C)C[C@H](NC(=O)[C@@H](Cc1cnc[nH]1)NC(=O)[C@H](Cc1cccc2ccccc12)NC(=O)OCc1ccccc1)[C@@H](O)CC(=O)NNC(=O)CCCC(=O)c1ccccc1. The molecule has 15 nitrogen and oxygen atoms in total. The van der Waals surface area contributed by atoms with Crippen LogP contribution in [0.4, 0.5) is 4.79 Å². The lowest BCUT2D eigenvalue weighted by atomic mass is 9.96. The number of aliphatic hydroxyl groups is 1. The van der Waals surface area contributed by atoms with Gasteiger partial charge in [-0.2, -0.15) is 0 Å². The van der Waals surface area contributed by atoms with Gasteiger partial charge in [0.2, 0.25) is 23.6 Å². The molecular formula is C46H53N7O8. The van der Waals surface area contributed by atoms with E-state index in [4.69, 9.17) is 4.74 Å². The quantitative estimate of drug-likeness (QED) is 0.0405. The molecule has 5 aromatic rings. The predicted molar refractivity (Wildman–Crippen MR) is 228 cm³/mol. The van der Waals surface area contributed by atoms with Gasteiger partial charge in [0.05, 0.1) is 24.9 Å². The van der Waals surface area contributed by atoms with E-state index in [0.29, 0.717) is 11.3 Å². The Labute approximate surface area is 354 Å². The van der Waals surface area contributed by atoms with Gasteiger partial charge >= 0.3 is 6.09 Å². The number of rotatable bonds is 21. The number of aromatic nitrogens is 2. The van der Waals surface area contributed by atoms with E-state index in [2.05, 4.69) is 36.8 Å². The number of amides is 5. The fourth-order valence-corrected chi connectivity index (χ4v) is 6.77. The molecule has 4 atom stereocenters. The first-order valence-electron chi connectivity index (χ1n) is 20.3. The maximum absolute atomic E-state index is 14.2. The Morgan fingerprint density at radius 2 is 1.38 bits per heavy atom. The Balaban J connectivity index is 1.24. The number of aliphatic hydroxyl groups excluding tert-OH is 1. The van der Waals surface area contributed by atoms with E-state index in [0.717, 1.165) is 21.9 Å². The number of carbonyl (C=O) groups is 6. The van der Waals surface area contributed by atoms with Gasteiger partial charge in [0.15, 0.2) is 5.78 Å². The lowest BCUT2D eigenvalue weighted by Crippen LogP contribution is -2.57. The van der Waals surface area contributed by atoms with Crippen LogP contribution in [0.1, 0.15) is 73.1 Å². The first-order chi connectivity index (χ1) is 29.4. The highest BCUT2D eigenvalue weighted by Gasteiger charge is 2.32. The van der Waals surface area contributed by atoms with Gasteiger partial charge in [-0.3, -0.25) is 34.8 Å². The number of carbonyl (C=O) groups excluding carboxylic acids is 6. The van der Waals surface area contributed by atoms with Crippen LogP contribution in [-0.2, 0) is 43.4 Å². The van der Waals surface area contributed by atoms with Crippen molar-refractivity contribution in [1.82, 2.24) is 36.8 Å². The molecule has 0 aliphatic heterocycles. The number of aromatic amines is 1. The van der Waals surface area contributed by atoms with E-state index in [-0.39, 0.29) is 56.8 Å². The van der Waals surface area contributed by atoms with Crippen LogP contribution >= 0.6 is 0 Å². The smallest absolute Gasteiger partial charge is 0.408 e. The number of Topliss-reactive ketones (excluding diaryl/α,β-unsaturated/α-hetero) is 1. The molecule has 0 bridgehead atoms. The molecule has 5 rings (SSSR count). The number of fused-ring (bicyclic) bond motifs is 1. The Hall–Kier alpha value is -6.87. The number of ketones is 1. The zero-order chi connectivity index (χ0) is 43.6. The lowest BCUT2D eigenvalue weighted by Gasteiger charge is -2.29. The number of H-pyrrole nitrogens is 1. The monoisotopic (exact) mass is 831 g/mol. The minimum absolute atomic E-state index is 0.00985. The van der Waals surface area contributed by atoms with E-state index in [1.165, 1.54) is 12.5 Å². The summed E-state index contributed by atoms with van der Waals surface area (Å²) in [7, 11) is 0. The Bertz CT molecular complexity index is 2210. The van der Waals surface area contributed by atoms with Crippen molar-refractivity contribution >= 4 is 46.3 Å². The molecule has 0 aliphatic rings. The van der Waals surface area contributed by atoms with E-state index >= 15 is 0 Å². The van der Waals surface area contributed by atoms with Gasteiger partial charge in [0.1, 0.15) is 18.7 Å². The number of nitrogens with one attached hydrogen (secondary N) is 6. The number of hydrazine groups is 1. The van der Waals surface area contributed by atoms with Gasteiger partial charge in [-0.1, -0.05) is 117 Å². The van der Waals surface area contributed by atoms with Gasteiger partial charge in [0, 0.05) is 43.1 Å². The van der Waals surface area contributed by atoms with E-state index < -0.39 is 60.4 Å². The van der Waals surface area contributed by atoms with Gasteiger partial charge in [-0.05, 0) is 40.7 Å². The summed E-state index contributed by atoms with van der Waals surface area (Å²) in [5, 5.41) is 21.4. The highest BCUT2D eigenvalue weighted by atomic mass is 16.5. The van der Waals surface area contributed by atoms with Crippen LogP contribution < -0.4 is 26.8 Å². The Kier molecular flexibility index (Phi) is 17.1. The normalized spacial score (nSPS) is 13.0. The predicted octanol–water partition coefficient (Wildman–Crippen LogP) is 4.61. The van der Waals surface area contributed by atoms with Gasteiger partial charge in [-0.15, -0.1) is 0 Å². The standard InChI is InChI=1S/C46H53N7O8/c1-30(2)23-37(41(55)26-43(57)53-52-42(56)22-12-21-40(54)33-16-7-4-8-17-33)49-45(59)39(25-35-27-47-29-48-35)50-44(58)38(51-46(60)61-28-31-13-5-3-6-14-31)24-34-19-11-18-32-15-9-10-20-36(32)34/h3-11,13-20,27,29-30,37-39,41,55H,12,21-26,28H2,1-2H3,(H,47,48)(H,49,59)(H,50,58)(H,51,60)(H,52,56)(H,53,57)/t37-,38-,39+,41-/m0/s1. The fourth-order valence-electron chi connectivity index (χ4n) is 6.77. The van der Waals surface area contributed by atoms with Crippen LogP contribution in [0.2, 0.25) is 0 Å².